The van der Waals surface area contributed by atoms with Crippen LogP contribution in [0.1, 0.15) is 44.4 Å². The zero-order valence-corrected chi connectivity index (χ0v) is 21.7. The number of hydrogen-bond donors (Lipinski definition) is 1. The highest BCUT2D eigenvalue weighted by molar-refractivity contribution is 6.46. The van der Waals surface area contributed by atoms with E-state index in [9.17, 15) is 14.7 Å². The SMILES string of the molecule is CCOc1cccc(/C(O)=C2\C(=O)C(=O)N(CCCN(CC)CC)C2c2cc(OC)ccc2OC)c1. The van der Waals surface area contributed by atoms with Gasteiger partial charge in [-0.05, 0) is 63.3 Å². The highest BCUT2D eigenvalue weighted by Crippen LogP contribution is 2.44. The van der Waals surface area contributed by atoms with Crippen molar-refractivity contribution in [2.45, 2.75) is 33.2 Å². The Bertz CT molecular complexity index is 1110. The summed E-state index contributed by atoms with van der Waals surface area (Å²) in [7, 11) is 3.08. The van der Waals surface area contributed by atoms with Crippen LogP contribution in [0, 0.1) is 0 Å². The van der Waals surface area contributed by atoms with Crippen molar-refractivity contribution in [3.63, 3.8) is 0 Å². The summed E-state index contributed by atoms with van der Waals surface area (Å²) in [6, 6.07) is 11.3. The molecule has 1 fully saturated rings. The van der Waals surface area contributed by atoms with E-state index in [2.05, 4.69) is 18.7 Å². The fourth-order valence-electron chi connectivity index (χ4n) is 4.55. The third-order valence-electron chi connectivity index (χ3n) is 6.46. The van der Waals surface area contributed by atoms with Crippen LogP contribution in [0.25, 0.3) is 5.76 Å². The fraction of sp³-hybridized carbons (Fsp3) is 0.429. The van der Waals surface area contributed by atoms with Gasteiger partial charge in [0.2, 0.25) is 0 Å². The van der Waals surface area contributed by atoms with Gasteiger partial charge in [-0.2, -0.15) is 0 Å². The van der Waals surface area contributed by atoms with E-state index in [-0.39, 0.29) is 11.3 Å². The van der Waals surface area contributed by atoms with Crippen LogP contribution in [0.15, 0.2) is 48.0 Å². The number of benzene rings is 2. The van der Waals surface area contributed by atoms with Crippen molar-refractivity contribution >= 4 is 17.4 Å². The Morgan fingerprint density at radius 3 is 2.39 bits per heavy atom. The first-order valence-electron chi connectivity index (χ1n) is 12.4. The first kappa shape index (κ1) is 27.1. The monoisotopic (exact) mass is 496 g/mol. The molecule has 0 aromatic heterocycles. The predicted octanol–water partition coefficient (Wildman–Crippen LogP) is 4.26. The maximum absolute atomic E-state index is 13.4. The third kappa shape index (κ3) is 5.65. The first-order chi connectivity index (χ1) is 17.4. The smallest absolute Gasteiger partial charge is 0.295 e. The Balaban J connectivity index is 2.14. The molecule has 2 aromatic rings. The average molecular weight is 497 g/mol. The van der Waals surface area contributed by atoms with E-state index in [0.29, 0.717) is 47.9 Å². The molecule has 1 aliphatic rings. The molecule has 1 heterocycles. The number of hydrogen-bond acceptors (Lipinski definition) is 7. The molecule has 1 atom stereocenters. The Kier molecular flexibility index (Phi) is 9.36. The second-order valence-corrected chi connectivity index (χ2v) is 8.44. The molecule has 1 N–H and O–H groups in total. The Hall–Kier alpha value is -3.52. The number of carbonyl (C=O) groups excluding carboxylic acids is 2. The second kappa shape index (κ2) is 12.4. The lowest BCUT2D eigenvalue weighted by molar-refractivity contribution is -0.140. The van der Waals surface area contributed by atoms with Gasteiger partial charge in [-0.15, -0.1) is 0 Å². The molecule has 2 aromatic carbocycles. The second-order valence-electron chi connectivity index (χ2n) is 8.44. The van der Waals surface area contributed by atoms with Crippen molar-refractivity contribution < 1.29 is 28.9 Å². The van der Waals surface area contributed by atoms with Crippen LogP contribution in [-0.2, 0) is 9.59 Å². The van der Waals surface area contributed by atoms with Crippen LogP contribution in [0.5, 0.6) is 17.2 Å². The van der Waals surface area contributed by atoms with E-state index >= 15 is 0 Å². The van der Waals surface area contributed by atoms with Crippen molar-refractivity contribution in [3.05, 3.63) is 59.2 Å². The largest absolute Gasteiger partial charge is 0.507 e. The number of likely N-dealkylation sites (tertiary alicyclic amines) is 1. The minimum Gasteiger partial charge on any atom is -0.507 e. The highest BCUT2D eigenvalue weighted by Gasteiger charge is 2.47. The molecule has 1 amide bonds. The summed E-state index contributed by atoms with van der Waals surface area (Å²) in [5, 5.41) is 11.4. The Labute approximate surface area is 213 Å². The molecule has 1 saturated heterocycles. The molecule has 0 spiro atoms. The Morgan fingerprint density at radius 2 is 1.75 bits per heavy atom. The molecule has 8 nitrogen and oxygen atoms in total. The van der Waals surface area contributed by atoms with Gasteiger partial charge in [-0.1, -0.05) is 26.0 Å². The average Bonchev–Trinajstić information content (AvgIpc) is 3.15. The van der Waals surface area contributed by atoms with E-state index < -0.39 is 17.7 Å². The normalized spacial score (nSPS) is 17.1. The van der Waals surface area contributed by atoms with Gasteiger partial charge in [0.05, 0.1) is 32.4 Å². The van der Waals surface area contributed by atoms with Crippen LogP contribution in [0.4, 0.5) is 0 Å². The van der Waals surface area contributed by atoms with Crippen LogP contribution >= 0.6 is 0 Å². The molecule has 0 saturated carbocycles. The number of carbonyl (C=O) groups is 2. The molecule has 0 aliphatic carbocycles. The number of rotatable bonds is 12. The zero-order valence-electron chi connectivity index (χ0n) is 21.7. The maximum Gasteiger partial charge on any atom is 0.295 e. The summed E-state index contributed by atoms with van der Waals surface area (Å²) in [4.78, 5) is 30.4. The van der Waals surface area contributed by atoms with Crippen LogP contribution in [0.2, 0.25) is 0 Å². The number of methoxy groups -OCH3 is 2. The molecule has 0 bridgehead atoms. The van der Waals surface area contributed by atoms with Gasteiger partial charge >= 0.3 is 0 Å². The van der Waals surface area contributed by atoms with Crippen molar-refractivity contribution in [1.82, 2.24) is 9.80 Å². The maximum atomic E-state index is 13.4. The van der Waals surface area contributed by atoms with Crippen molar-refractivity contribution in [2.24, 2.45) is 0 Å². The summed E-state index contributed by atoms with van der Waals surface area (Å²) < 4.78 is 16.6. The van der Waals surface area contributed by atoms with Crippen molar-refractivity contribution in [2.75, 3.05) is 47.0 Å². The Morgan fingerprint density at radius 1 is 1.00 bits per heavy atom. The zero-order chi connectivity index (χ0) is 26.2. The van der Waals surface area contributed by atoms with Gasteiger partial charge in [0.15, 0.2) is 0 Å². The lowest BCUT2D eigenvalue weighted by Gasteiger charge is -2.28. The molecule has 1 aliphatic heterocycles. The molecular formula is C28H36N2O6. The van der Waals surface area contributed by atoms with Gasteiger partial charge in [-0.25, -0.2) is 0 Å². The van der Waals surface area contributed by atoms with E-state index in [1.165, 1.54) is 12.0 Å². The van der Waals surface area contributed by atoms with Gasteiger partial charge < -0.3 is 29.1 Å². The lowest BCUT2D eigenvalue weighted by Crippen LogP contribution is -2.33. The number of aliphatic hydroxyl groups excluding tert-OH is 1. The quantitative estimate of drug-likeness (QED) is 0.267. The number of amides is 1. The minimum absolute atomic E-state index is 0.0167. The number of nitrogens with zero attached hydrogens (tertiary/aromatic N) is 2. The lowest BCUT2D eigenvalue weighted by atomic mass is 9.94. The molecule has 3 rings (SSSR count). The molecule has 194 valence electrons. The van der Waals surface area contributed by atoms with E-state index in [1.807, 2.05) is 6.92 Å². The molecule has 8 heteroatoms. The fourth-order valence-corrected chi connectivity index (χ4v) is 4.55. The van der Waals surface area contributed by atoms with Crippen molar-refractivity contribution in [3.8, 4) is 17.2 Å². The van der Waals surface area contributed by atoms with Crippen LogP contribution in [0.3, 0.4) is 0 Å². The highest BCUT2D eigenvalue weighted by atomic mass is 16.5. The standard InChI is InChI=1S/C28H36N2O6/c1-6-29(7-2)15-10-16-30-25(22-18-20(34-4)13-14-23(22)35-5)24(27(32)28(30)33)26(31)19-11-9-12-21(17-19)36-8-3/h9,11-14,17-18,25,31H,6-8,10,15-16H2,1-5H3/b26-24+. The van der Waals surface area contributed by atoms with Gasteiger partial charge in [0.25, 0.3) is 11.7 Å². The van der Waals surface area contributed by atoms with Crippen LogP contribution < -0.4 is 14.2 Å². The number of Topliss-reactive ketones (excluding diaryl/α,β-unsaturated/α-hetero) is 1. The molecule has 0 radical (unpaired) electrons. The first-order valence-corrected chi connectivity index (χ1v) is 12.4. The van der Waals surface area contributed by atoms with E-state index in [1.54, 1.807) is 49.6 Å². The number of ether oxygens (including phenoxy) is 3. The number of aliphatic hydroxyl groups is 1. The molecule has 36 heavy (non-hydrogen) atoms. The van der Waals surface area contributed by atoms with E-state index in [0.717, 1.165) is 19.6 Å². The number of ketones is 1. The minimum atomic E-state index is -0.831. The van der Waals surface area contributed by atoms with Crippen LogP contribution in [-0.4, -0.2) is 73.6 Å². The predicted molar refractivity (Wildman–Crippen MR) is 139 cm³/mol. The van der Waals surface area contributed by atoms with Crippen molar-refractivity contribution in [1.29, 1.82) is 0 Å². The topological polar surface area (TPSA) is 88.5 Å². The molecule has 1 unspecified atom stereocenters. The molecular weight excluding hydrogens is 460 g/mol. The summed E-state index contributed by atoms with van der Waals surface area (Å²) in [6.07, 6.45) is 0.678. The summed E-state index contributed by atoms with van der Waals surface area (Å²) >= 11 is 0. The van der Waals surface area contributed by atoms with Gasteiger partial charge in [0.1, 0.15) is 23.0 Å². The van der Waals surface area contributed by atoms with Gasteiger partial charge in [0, 0.05) is 17.7 Å². The summed E-state index contributed by atoms with van der Waals surface area (Å²) in [5.74, 6) is -0.0243. The van der Waals surface area contributed by atoms with Gasteiger partial charge in [-0.3, -0.25) is 9.59 Å². The third-order valence-corrected chi connectivity index (χ3v) is 6.46. The summed E-state index contributed by atoms with van der Waals surface area (Å²) in [6.45, 7) is 9.45. The van der Waals surface area contributed by atoms with E-state index in [4.69, 9.17) is 14.2 Å². The summed E-state index contributed by atoms with van der Waals surface area (Å²) in [5.41, 5.74) is 0.985.